The number of aliphatic hydroxyl groups excluding tert-OH is 2. The van der Waals surface area contributed by atoms with E-state index in [1.165, 1.54) is 84.5 Å². The van der Waals surface area contributed by atoms with Crippen molar-refractivity contribution in [3.63, 3.8) is 0 Å². The number of halogens is 12. The molecule has 43 heteroatoms. The highest BCUT2D eigenvalue weighted by Crippen LogP contribution is 2.39. The van der Waals surface area contributed by atoms with E-state index in [0.29, 0.717) is 146 Å². The zero-order chi connectivity index (χ0) is 97.2. The van der Waals surface area contributed by atoms with Crippen molar-refractivity contribution >= 4 is 138 Å². The third kappa shape index (κ3) is 23.0. The number of ether oxygens (including phenoxy) is 5. The van der Waals surface area contributed by atoms with Crippen LogP contribution in [0.2, 0.25) is 0 Å². The van der Waals surface area contributed by atoms with E-state index in [-0.39, 0.29) is 128 Å². The number of amides is 8. The molecule has 12 aromatic rings. The first-order valence-corrected chi connectivity index (χ1v) is 43.8. The van der Waals surface area contributed by atoms with Crippen LogP contribution in [0.3, 0.4) is 0 Å². The van der Waals surface area contributed by atoms with Crippen molar-refractivity contribution in [2.75, 3.05) is 127 Å². The van der Waals surface area contributed by atoms with E-state index in [1.807, 2.05) is 12.1 Å². The lowest BCUT2D eigenvalue weighted by molar-refractivity contribution is -0.137. The SMILES string of the molecule is CC(F)(CO)Cn1c(NC(=O)c2cccc(C(F)(F)F)c2)nc2cc(N3CCCOC3=O)ccc21.O=C(Nc1nc2cc(N3CCCCC3=O)ccc2n1CCCO)c1cccc(C(F)F)c1.O=C(Nc1nc2cc(N3CCCOC3=O)ccc2n1CC1(F)CCOCC1)c1cccc(C(F)F)c1.O=C(Nc1nc2cc(N3CCCOC3=O)ccc2n1CC1(F)COC1)c1cccc(C(F)F)c1. The molecule has 18 rings (SSSR count). The van der Waals surface area contributed by atoms with E-state index in [0.717, 1.165) is 61.3 Å². The number of benzene rings is 8. The van der Waals surface area contributed by atoms with Crippen LogP contribution in [0.5, 0.6) is 0 Å². The van der Waals surface area contributed by atoms with Gasteiger partial charge in [-0.25, -0.2) is 73.8 Å². The van der Waals surface area contributed by atoms with Crippen LogP contribution in [0.15, 0.2) is 170 Å². The van der Waals surface area contributed by atoms with Gasteiger partial charge in [-0.15, -0.1) is 0 Å². The zero-order valence-electron chi connectivity index (χ0n) is 73.4. The Hall–Kier alpha value is -14.2. The van der Waals surface area contributed by atoms with Gasteiger partial charge in [0.25, 0.3) is 42.9 Å². The molecule has 0 radical (unpaired) electrons. The van der Waals surface area contributed by atoms with Gasteiger partial charge in [0.2, 0.25) is 29.7 Å². The number of carbonyl (C=O) groups excluding carboxylic acids is 8. The number of hydrogen-bond acceptors (Lipinski definition) is 19. The average molecular weight is 1910 g/mol. The maximum atomic E-state index is 15.7. The summed E-state index contributed by atoms with van der Waals surface area (Å²) in [4.78, 5) is 124. The number of imidazole rings is 4. The molecule has 0 aliphatic carbocycles. The second-order valence-electron chi connectivity index (χ2n) is 33.4. The van der Waals surface area contributed by atoms with Crippen LogP contribution in [0.1, 0.15) is 148 Å². The Bertz CT molecular complexity index is 6500. The van der Waals surface area contributed by atoms with Gasteiger partial charge in [-0.3, -0.25) is 59.9 Å². The summed E-state index contributed by atoms with van der Waals surface area (Å²) < 4.78 is 195. The third-order valence-corrected chi connectivity index (χ3v) is 23.3. The number of anilines is 8. The van der Waals surface area contributed by atoms with Crippen LogP contribution >= 0.6 is 0 Å². The van der Waals surface area contributed by atoms with E-state index < -0.39 is 103 Å². The summed E-state index contributed by atoms with van der Waals surface area (Å²) >= 11 is 0. The second-order valence-corrected chi connectivity index (χ2v) is 33.4. The minimum atomic E-state index is -4.63. The molecule has 6 aliphatic heterocycles. The minimum absolute atomic E-state index is 0.0232. The molecular weight excluding hydrogens is 1820 g/mol. The molecule has 6 aliphatic rings. The van der Waals surface area contributed by atoms with E-state index in [1.54, 1.807) is 74.7 Å². The van der Waals surface area contributed by atoms with Crippen LogP contribution in [0, 0.1) is 0 Å². The fourth-order valence-electron chi connectivity index (χ4n) is 16.1. The predicted octanol–water partition coefficient (Wildman–Crippen LogP) is 17.9. The Labute approximate surface area is 772 Å². The van der Waals surface area contributed by atoms with Gasteiger partial charge in [-0.1, -0.05) is 42.5 Å². The Morgan fingerprint density at radius 1 is 0.423 bits per heavy atom. The summed E-state index contributed by atoms with van der Waals surface area (Å²) in [6, 6.07) is 39.8. The number of cyclic esters (lactones) is 3. The summed E-state index contributed by atoms with van der Waals surface area (Å²) in [5, 5.41) is 29.1. The monoisotopic (exact) mass is 1910 g/mol. The van der Waals surface area contributed by atoms with Crippen molar-refractivity contribution in [1.82, 2.24) is 38.2 Å². The quantitative estimate of drug-likeness (QED) is 0.0229. The van der Waals surface area contributed by atoms with Crippen LogP contribution in [-0.4, -0.2) is 199 Å². The summed E-state index contributed by atoms with van der Waals surface area (Å²) in [6.07, 6.45) is -9.04. The summed E-state index contributed by atoms with van der Waals surface area (Å²) in [5.74, 6) is -2.39. The van der Waals surface area contributed by atoms with E-state index in [4.69, 9.17) is 23.7 Å². The zero-order valence-corrected chi connectivity index (χ0v) is 73.4. The summed E-state index contributed by atoms with van der Waals surface area (Å²) in [7, 11) is 0. The van der Waals surface area contributed by atoms with Gasteiger partial charge < -0.3 is 57.1 Å². The smallest absolute Gasteiger partial charge is 0.416 e. The second kappa shape index (κ2) is 42.0. The van der Waals surface area contributed by atoms with Gasteiger partial charge in [0.1, 0.15) is 11.3 Å². The van der Waals surface area contributed by atoms with Gasteiger partial charge >= 0.3 is 24.5 Å². The largest absolute Gasteiger partial charge is 0.449 e. The Balaban J connectivity index is 0.000000139. The highest BCUT2D eigenvalue weighted by Gasteiger charge is 2.42. The van der Waals surface area contributed by atoms with E-state index in [9.17, 15) is 96.9 Å². The highest BCUT2D eigenvalue weighted by atomic mass is 19.4. The summed E-state index contributed by atoms with van der Waals surface area (Å²) in [6.45, 7) is 3.59. The van der Waals surface area contributed by atoms with Gasteiger partial charge in [0, 0.05) is 134 Å². The molecule has 0 saturated carbocycles. The maximum absolute atomic E-state index is 15.7. The van der Waals surface area contributed by atoms with Crippen molar-refractivity contribution in [2.45, 2.75) is 133 Å². The molecule has 0 bridgehead atoms. The molecule has 6 N–H and O–H groups in total. The topological polar surface area (TPSA) is 356 Å². The number of nitrogens with one attached hydrogen (secondary N) is 4. The molecule has 137 heavy (non-hydrogen) atoms. The number of fused-ring (bicyclic) bond motifs is 4. The molecule has 6 fully saturated rings. The first-order chi connectivity index (χ1) is 65.6. The number of piperidine rings is 1. The molecule has 0 spiro atoms. The first-order valence-electron chi connectivity index (χ1n) is 43.8. The lowest BCUT2D eigenvalue weighted by Gasteiger charge is -2.34. The first kappa shape index (κ1) is 97.3. The molecular formula is C94H92F12N16O15. The molecule has 722 valence electrons. The minimum Gasteiger partial charge on any atom is -0.449 e. The molecule has 1 atom stereocenters. The lowest BCUT2D eigenvalue weighted by atomic mass is 9.96. The number of rotatable bonds is 25. The number of carbonyl (C=O) groups is 8. The average Bonchev–Trinajstić information content (AvgIpc) is 1.63. The maximum Gasteiger partial charge on any atom is 0.416 e. The normalized spacial score (nSPS) is 16.5. The number of nitrogens with zero attached hydrogens (tertiary/aromatic N) is 12. The van der Waals surface area contributed by atoms with Gasteiger partial charge in [0.15, 0.2) is 5.67 Å². The lowest BCUT2D eigenvalue weighted by Crippen LogP contribution is -2.48. The fraction of sp³-hybridized carbons (Fsp3) is 0.362. The van der Waals surface area contributed by atoms with E-state index >= 15 is 4.39 Å². The summed E-state index contributed by atoms with van der Waals surface area (Å²) in [5.41, 5.74) is -0.841. The van der Waals surface area contributed by atoms with Crippen LogP contribution < -0.4 is 40.9 Å². The number of aliphatic hydroxyl groups is 2. The molecule has 4 aromatic heterocycles. The number of hydrogen-bond donors (Lipinski definition) is 6. The van der Waals surface area contributed by atoms with Gasteiger partial charge in [0.05, 0.1) is 109 Å². The Morgan fingerprint density at radius 3 is 1.15 bits per heavy atom. The molecule has 6 saturated heterocycles. The van der Waals surface area contributed by atoms with Crippen molar-refractivity contribution < 1.29 is 125 Å². The number of alkyl halides is 12. The standard InChI is InChI=1S/C25H25F3N4O4.C23H22F4N4O4.C23H21F3N4O4.C23H24F2N4O3/c26-21(27)16-3-1-4-17(13-16)22(33)30-23-29-19-14-18(31-9-2-10-36-24(31)34)5-6-20(19)32(23)15-25(28)7-11-35-12-8-25;1-22(24,13-32)12-31-18-7-6-16(30-8-3-9-35-21(30)34)11-17(18)28-20(31)29-19(33)14-4-2-5-15(10-14)23(25,26)27;24-19(25)14-3-1-4-15(9-14)20(31)28-21-27-17-10-16(29-7-2-8-34-22(29)32)5-6-18(17)30(21)11-23(26)12-33-13-23;24-21(25)15-5-3-6-16(13-15)22(32)27-23-26-18-14-17(28-10-2-1-7-20(28)31)8-9-19(18)29(23)11-4-12-30/h1,3-6,13-14,21H,2,7-12,15H2,(H,29,30,33);2,4-7,10-11,32H,3,8-9,12-13H2,1H3,(H,28,29,33);1,3-6,9-10,19H,2,7-8,11-13H2,(H,27,28,31);3,5-6,8-9,13-14,21,30H,1-2,4,7,10-12H2,(H,26,27,32). The van der Waals surface area contributed by atoms with Gasteiger partial charge in [-0.2, -0.15) is 13.2 Å². The Morgan fingerprint density at radius 2 is 0.781 bits per heavy atom. The van der Waals surface area contributed by atoms with Crippen LogP contribution in [-0.2, 0) is 60.8 Å². The predicted molar refractivity (Wildman–Crippen MR) is 479 cm³/mol. The van der Waals surface area contributed by atoms with Crippen molar-refractivity contribution in [3.8, 4) is 0 Å². The molecule has 10 heterocycles. The van der Waals surface area contributed by atoms with Gasteiger partial charge in [-0.05, 0) is 173 Å². The van der Waals surface area contributed by atoms with Crippen molar-refractivity contribution in [3.05, 3.63) is 214 Å². The Kier molecular flexibility index (Phi) is 29.8. The third-order valence-electron chi connectivity index (χ3n) is 23.3. The van der Waals surface area contributed by atoms with Crippen LogP contribution in [0.25, 0.3) is 44.1 Å². The number of aromatic nitrogens is 8. The molecule has 1 unspecified atom stereocenters. The van der Waals surface area contributed by atoms with Crippen LogP contribution in [0.4, 0.5) is 114 Å². The molecule has 31 nitrogen and oxygen atoms in total. The van der Waals surface area contributed by atoms with E-state index in [2.05, 4.69) is 41.2 Å². The highest BCUT2D eigenvalue weighted by molar-refractivity contribution is 6.08. The number of aryl methyl sites for hydroxylation is 1. The molecule has 8 aromatic carbocycles. The molecule has 8 amide bonds. The fourth-order valence-corrected chi connectivity index (χ4v) is 16.1. The van der Waals surface area contributed by atoms with Crippen molar-refractivity contribution in [2.24, 2.45) is 0 Å². The van der Waals surface area contributed by atoms with Crippen molar-refractivity contribution in [1.29, 1.82) is 0 Å².